The lowest BCUT2D eigenvalue weighted by atomic mass is 10.2. The Kier molecular flexibility index (Phi) is 6.00. The van der Waals surface area contributed by atoms with Crippen LogP contribution in [0.25, 0.3) is 11.2 Å². The highest BCUT2D eigenvalue weighted by Crippen LogP contribution is 2.29. The van der Waals surface area contributed by atoms with Crippen LogP contribution in [0.5, 0.6) is 0 Å². The molecule has 0 bridgehead atoms. The van der Waals surface area contributed by atoms with E-state index in [0.29, 0.717) is 12.2 Å². The molecule has 4 rings (SSSR count). The molecule has 26 heavy (non-hydrogen) atoms. The van der Waals surface area contributed by atoms with Gasteiger partial charge in [-0.25, -0.2) is 15.0 Å². The van der Waals surface area contributed by atoms with Gasteiger partial charge >= 0.3 is 0 Å². The minimum atomic E-state index is 0. The molecule has 8 nitrogen and oxygen atoms in total. The number of hydrogen-bond donors (Lipinski definition) is 2. The summed E-state index contributed by atoms with van der Waals surface area (Å²) in [6, 6.07) is 0.0724. The van der Waals surface area contributed by atoms with E-state index in [1.807, 2.05) is 16.0 Å². The number of nitrogens with two attached hydrogens (primary N) is 1. The predicted octanol–water partition coefficient (Wildman–Crippen LogP) is 1.51. The number of imidazole rings is 1. The van der Waals surface area contributed by atoms with Crippen LogP contribution in [0.15, 0.2) is 23.8 Å². The monoisotopic (exact) mass is 395 g/mol. The number of thioether (sulfide) groups is 1. The van der Waals surface area contributed by atoms with Crippen LogP contribution in [0, 0.1) is 0 Å². The molecular formula is C16H22ClN7OS. The number of likely N-dealkylation sites (tertiary alicyclic amines) is 1. The second kappa shape index (κ2) is 8.24. The van der Waals surface area contributed by atoms with Crippen LogP contribution in [0.3, 0.4) is 0 Å². The first kappa shape index (κ1) is 18.9. The average molecular weight is 396 g/mol. The number of aromatic amines is 1. The normalized spacial score (nSPS) is 21.1. The maximum absolute atomic E-state index is 12.9. The second-order valence-corrected chi connectivity index (χ2v) is 7.48. The molecule has 1 saturated heterocycles. The molecule has 0 radical (unpaired) electrons. The van der Waals surface area contributed by atoms with Gasteiger partial charge in [-0.15, -0.1) is 24.2 Å². The van der Waals surface area contributed by atoms with Gasteiger partial charge in [-0.3, -0.25) is 4.79 Å². The SMILES string of the molecule is Cl.N[C@H]1CCCCN(C(=O)C2=CN(c3ncnc4nc[nH]c34)CCS2)C1. The van der Waals surface area contributed by atoms with Crippen molar-refractivity contribution in [1.29, 1.82) is 0 Å². The quantitative estimate of drug-likeness (QED) is 0.794. The van der Waals surface area contributed by atoms with Crippen LogP contribution in [-0.2, 0) is 4.79 Å². The molecule has 1 amide bonds. The maximum Gasteiger partial charge on any atom is 0.261 e. The third-order valence-electron chi connectivity index (χ3n) is 4.54. The van der Waals surface area contributed by atoms with Gasteiger partial charge in [0.2, 0.25) is 0 Å². The standard InChI is InChI=1S/C16H21N7OS.ClH/c17-11-3-1-2-4-23(7-11)16(24)12-8-22(5-6-25-12)15-13-14(19-9-18-13)20-10-21-15;/h8-11H,1-7,17H2,(H,18,19,20,21);1H/t11-;/m0./s1. The third-order valence-corrected chi connectivity index (χ3v) is 5.52. The molecule has 0 aliphatic carbocycles. The number of carbonyl (C=O) groups excluding carboxylic acids is 1. The van der Waals surface area contributed by atoms with E-state index < -0.39 is 0 Å². The van der Waals surface area contributed by atoms with Gasteiger partial charge in [0.1, 0.15) is 11.8 Å². The number of amides is 1. The molecular weight excluding hydrogens is 374 g/mol. The molecule has 140 valence electrons. The molecule has 2 aliphatic heterocycles. The largest absolute Gasteiger partial charge is 0.340 e. The second-order valence-electron chi connectivity index (χ2n) is 6.34. The summed E-state index contributed by atoms with van der Waals surface area (Å²) in [6.07, 6.45) is 8.10. The number of nitrogens with one attached hydrogen (secondary N) is 1. The van der Waals surface area contributed by atoms with Crippen LogP contribution in [-0.4, -0.2) is 62.2 Å². The van der Waals surface area contributed by atoms with Crippen molar-refractivity contribution in [1.82, 2.24) is 24.8 Å². The maximum atomic E-state index is 12.9. The number of halogens is 1. The Labute approximate surface area is 162 Å². The molecule has 10 heteroatoms. The lowest BCUT2D eigenvalue weighted by Crippen LogP contribution is -2.41. The topological polar surface area (TPSA) is 104 Å². The predicted molar refractivity (Wildman–Crippen MR) is 105 cm³/mol. The summed E-state index contributed by atoms with van der Waals surface area (Å²) in [4.78, 5) is 33.4. The Morgan fingerprint density at radius 3 is 3.04 bits per heavy atom. The molecule has 0 unspecified atom stereocenters. The van der Waals surface area contributed by atoms with Gasteiger partial charge in [-0.05, 0) is 12.8 Å². The van der Waals surface area contributed by atoms with Crippen LogP contribution in [0.4, 0.5) is 5.82 Å². The van der Waals surface area contributed by atoms with E-state index in [1.54, 1.807) is 18.1 Å². The smallest absolute Gasteiger partial charge is 0.261 e. The molecule has 2 aliphatic rings. The van der Waals surface area contributed by atoms with E-state index in [2.05, 4.69) is 19.9 Å². The number of H-pyrrole nitrogens is 1. The van der Waals surface area contributed by atoms with Crippen molar-refractivity contribution in [3.8, 4) is 0 Å². The van der Waals surface area contributed by atoms with Gasteiger partial charge in [0.05, 0.1) is 11.2 Å². The van der Waals surface area contributed by atoms with E-state index in [0.717, 1.165) is 54.3 Å². The van der Waals surface area contributed by atoms with Gasteiger partial charge < -0.3 is 20.5 Å². The van der Waals surface area contributed by atoms with Crippen molar-refractivity contribution >= 4 is 47.1 Å². The summed E-state index contributed by atoms with van der Waals surface area (Å²) in [6.45, 7) is 2.20. The fourth-order valence-corrected chi connectivity index (χ4v) is 4.23. The first-order valence-electron chi connectivity index (χ1n) is 8.52. The highest BCUT2D eigenvalue weighted by molar-refractivity contribution is 8.04. The van der Waals surface area contributed by atoms with E-state index in [9.17, 15) is 4.79 Å². The molecule has 3 N–H and O–H groups in total. The molecule has 2 aromatic heterocycles. The Bertz CT molecular complexity index is 811. The summed E-state index contributed by atoms with van der Waals surface area (Å²) in [7, 11) is 0. The minimum Gasteiger partial charge on any atom is -0.340 e. The van der Waals surface area contributed by atoms with Crippen molar-refractivity contribution < 1.29 is 4.79 Å². The lowest BCUT2D eigenvalue weighted by Gasteiger charge is -2.29. The first-order chi connectivity index (χ1) is 12.2. The Hall–Kier alpha value is -1.84. The van der Waals surface area contributed by atoms with Gasteiger partial charge in [0.15, 0.2) is 11.5 Å². The number of nitrogens with zero attached hydrogens (tertiary/aromatic N) is 5. The van der Waals surface area contributed by atoms with Crippen molar-refractivity contribution in [2.75, 3.05) is 30.3 Å². The molecule has 2 aromatic rings. The van der Waals surface area contributed by atoms with E-state index in [-0.39, 0.29) is 24.4 Å². The van der Waals surface area contributed by atoms with Crippen molar-refractivity contribution in [2.45, 2.75) is 25.3 Å². The van der Waals surface area contributed by atoms with Crippen molar-refractivity contribution in [3.05, 3.63) is 23.8 Å². The number of aromatic nitrogens is 4. The highest BCUT2D eigenvalue weighted by atomic mass is 35.5. The van der Waals surface area contributed by atoms with E-state index in [1.165, 1.54) is 6.33 Å². The van der Waals surface area contributed by atoms with Crippen LogP contribution in [0.2, 0.25) is 0 Å². The molecule has 0 aromatic carbocycles. The zero-order valence-electron chi connectivity index (χ0n) is 14.3. The molecule has 1 fully saturated rings. The summed E-state index contributed by atoms with van der Waals surface area (Å²) < 4.78 is 0. The van der Waals surface area contributed by atoms with Crippen LogP contribution in [0.1, 0.15) is 19.3 Å². The van der Waals surface area contributed by atoms with Crippen LogP contribution >= 0.6 is 24.2 Å². The van der Waals surface area contributed by atoms with Crippen LogP contribution < -0.4 is 10.6 Å². The molecule has 1 atom stereocenters. The zero-order chi connectivity index (χ0) is 17.2. The summed E-state index contributed by atoms with van der Waals surface area (Å²) in [5, 5.41) is 0. The third kappa shape index (κ3) is 3.79. The fraction of sp³-hybridized carbons (Fsp3) is 0.500. The Morgan fingerprint density at radius 2 is 2.15 bits per heavy atom. The lowest BCUT2D eigenvalue weighted by molar-refractivity contribution is -0.126. The summed E-state index contributed by atoms with van der Waals surface area (Å²) in [5.74, 6) is 1.65. The number of fused-ring (bicyclic) bond motifs is 1. The molecule has 0 saturated carbocycles. The zero-order valence-corrected chi connectivity index (χ0v) is 15.9. The number of carbonyl (C=O) groups is 1. The highest BCUT2D eigenvalue weighted by Gasteiger charge is 2.26. The van der Waals surface area contributed by atoms with Crippen molar-refractivity contribution in [2.24, 2.45) is 5.73 Å². The van der Waals surface area contributed by atoms with E-state index in [4.69, 9.17) is 5.73 Å². The number of anilines is 1. The van der Waals surface area contributed by atoms with Gasteiger partial charge in [-0.2, -0.15) is 0 Å². The number of hydrogen-bond acceptors (Lipinski definition) is 7. The Balaban J connectivity index is 0.00000196. The summed E-state index contributed by atoms with van der Waals surface area (Å²) in [5.41, 5.74) is 7.52. The first-order valence-corrected chi connectivity index (χ1v) is 9.51. The minimum absolute atomic E-state index is 0. The summed E-state index contributed by atoms with van der Waals surface area (Å²) >= 11 is 1.60. The number of rotatable bonds is 2. The fourth-order valence-electron chi connectivity index (χ4n) is 3.27. The van der Waals surface area contributed by atoms with E-state index >= 15 is 0 Å². The van der Waals surface area contributed by atoms with Crippen molar-refractivity contribution in [3.63, 3.8) is 0 Å². The molecule has 0 spiro atoms. The average Bonchev–Trinajstić information content (AvgIpc) is 3.02. The van der Waals surface area contributed by atoms with Gasteiger partial charge in [0, 0.05) is 37.6 Å². The van der Waals surface area contributed by atoms with Gasteiger partial charge in [0.25, 0.3) is 5.91 Å². The Morgan fingerprint density at radius 1 is 1.27 bits per heavy atom. The molecule has 4 heterocycles. The van der Waals surface area contributed by atoms with Gasteiger partial charge in [-0.1, -0.05) is 6.42 Å².